The summed E-state index contributed by atoms with van der Waals surface area (Å²) in [5.41, 5.74) is 0.730. The van der Waals surface area contributed by atoms with Crippen molar-refractivity contribution in [3.05, 3.63) is 29.6 Å². The van der Waals surface area contributed by atoms with Crippen LogP contribution in [-0.2, 0) is 11.2 Å². The normalized spacial score (nSPS) is 18.2. The second kappa shape index (κ2) is 18.0. The molecule has 1 aliphatic rings. The molecule has 0 atom stereocenters. The maximum Gasteiger partial charge on any atom is 0.311 e. The predicted molar refractivity (Wildman–Crippen MR) is 142 cm³/mol. The second-order valence-corrected chi connectivity index (χ2v) is 10.7. The van der Waals surface area contributed by atoms with Gasteiger partial charge in [-0.2, -0.15) is 0 Å². The predicted octanol–water partition coefficient (Wildman–Crippen LogP) is 9.97. The van der Waals surface area contributed by atoms with Crippen LogP contribution in [0.2, 0.25) is 0 Å². The van der Waals surface area contributed by atoms with Gasteiger partial charge in [-0.3, -0.25) is 4.79 Å². The van der Waals surface area contributed by atoms with Crippen LogP contribution in [0.15, 0.2) is 18.2 Å². The van der Waals surface area contributed by atoms with Crippen molar-refractivity contribution in [3.63, 3.8) is 0 Å². The summed E-state index contributed by atoms with van der Waals surface area (Å²) in [4.78, 5) is 12.3. The first kappa shape index (κ1) is 28.9. The summed E-state index contributed by atoms with van der Waals surface area (Å²) in [6.07, 6.45) is 24.1. The summed E-state index contributed by atoms with van der Waals surface area (Å²) in [5.74, 6) is 1.41. The smallest absolute Gasteiger partial charge is 0.311 e. The number of ether oxygens (including phenoxy) is 1. The third-order valence-electron chi connectivity index (χ3n) is 7.74. The molecule has 34 heavy (non-hydrogen) atoms. The first-order valence-electron chi connectivity index (χ1n) is 14.6. The van der Waals surface area contributed by atoms with Crippen LogP contribution in [0.25, 0.3) is 0 Å². The number of carbonyl (C=O) groups excluding carboxylic acids is 1. The van der Waals surface area contributed by atoms with Crippen LogP contribution in [0.5, 0.6) is 5.75 Å². The average molecular weight is 475 g/mol. The Labute approximate surface area is 209 Å². The Morgan fingerprint density at radius 3 is 1.97 bits per heavy atom. The number of esters is 1. The van der Waals surface area contributed by atoms with Gasteiger partial charge in [-0.15, -0.1) is 0 Å². The van der Waals surface area contributed by atoms with Crippen LogP contribution in [0.4, 0.5) is 4.39 Å². The molecule has 0 spiro atoms. The highest BCUT2D eigenvalue weighted by Gasteiger charge is 2.22. The van der Waals surface area contributed by atoms with Gasteiger partial charge in [0, 0.05) is 12.5 Å². The number of unbranched alkanes of at least 4 members (excludes halogenated alkanes) is 10. The molecule has 0 N–H and O–H groups in total. The van der Waals surface area contributed by atoms with E-state index < -0.39 is 0 Å². The fourth-order valence-electron chi connectivity index (χ4n) is 5.42. The first-order chi connectivity index (χ1) is 16.6. The van der Waals surface area contributed by atoms with Crippen molar-refractivity contribution < 1.29 is 13.9 Å². The van der Waals surface area contributed by atoms with E-state index in [0.29, 0.717) is 18.1 Å². The SMILES string of the molecule is CCCCCCCCc1ccc(OC(=O)CCC2CCC(CCCCCCCC)CC2)cc1F. The Morgan fingerprint density at radius 1 is 0.794 bits per heavy atom. The molecule has 2 nitrogen and oxygen atoms in total. The quantitative estimate of drug-likeness (QED) is 0.120. The highest BCUT2D eigenvalue weighted by molar-refractivity contribution is 5.72. The van der Waals surface area contributed by atoms with E-state index in [0.717, 1.165) is 37.2 Å². The molecule has 0 aliphatic heterocycles. The Kier molecular flexibility index (Phi) is 15.2. The number of hydrogen-bond acceptors (Lipinski definition) is 2. The summed E-state index contributed by atoms with van der Waals surface area (Å²) in [6, 6.07) is 4.92. The minimum atomic E-state index is -0.248. The zero-order valence-electron chi connectivity index (χ0n) is 22.2. The molecule has 1 aromatic carbocycles. The van der Waals surface area contributed by atoms with Gasteiger partial charge in [0.2, 0.25) is 0 Å². The van der Waals surface area contributed by atoms with Crippen LogP contribution in [0.3, 0.4) is 0 Å². The lowest BCUT2D eigenvalue weighted by Gasteiger charge is -2.28. The van der Waals surface area contributed by atoms with E-state index >= 15 is 0 Å². The minimum Gasteiger partial charge on any atom is -0.426 e. The van der Waals surface area contributed by atoms with Gasteiger partial charge in [0.25, 0.3) is 0 Å². The standard InChI is InChI=1S/C31H51FO2/c1-3-5-7-9-11-13-15-26-17-19-27(20-18-26)21-24-31(33)34-29-23-22-28(30(32)25-29)16-14-12-10-8-6-4-2/h22-23,25-27H,3-21,24H2,1-2H3. The minimum absolute atomic E-state index is 0.225. The maximum atomic E-state index is 14.4. The Hall–Kier alpha value is -1.38. The first-order valence-corrected chi connectivity index (χ1v) is 14.6. The van der Waals surface area contributed by atoms with Crippen molar-refractivity contribution in [1.82, 2.24) is 0 Å². The van der Waals surface area contributed by atoms with Gasteiger partial charge >= 0.3 is 5.97 Å². The van der Waals surface area contributed by atoms with E-state index in [-0.39, 0.29) is 11.8 Å². The largest absolute Gasteiger partial charge is 0.426 e. The molecule has 0 saturated heterocycles. The molecule has 1 aromatic rings. The number of benzene rings is 1. The molecule has 1 aliphatic carbocycles. The average Bonchev–Trinajstić information content (AvgIpc) is 2.84. The van der Waals surface area contributed by atoms with Gasteiger partial charge in [-0.1, -0.05) is 123 Å². The molecule has 0 bridgehead atoms. The van der Waals surface area contributed by atoms with Crippen LogP contribution in [-0.4, -0.2) is 5.97 Å². The summed E-state index contributed by atoms with van der Waals surface area (Å²) in [5, 5.41) is 0. The molecule has 0 radical (unpaired) electrons. The molecule has 0 heterocycles. The van der Waals surface area contributed by atoms with Crippen LogP contribution >= 0.6 is 0 Å². The van der Waals surface area contributed by atoms with E-state index in [2.05, 4.69) is 13.8 Å². The summed E-state index contributed by atoms with van der Waals surface area (Å²) >= 11 is 0. The molecular formula is C31H51FO2. The van der Waals surface area contributed by atoms with Crippen molar-refractivity contribution in [2.45, 2.75) is 142 Å². The van der Waals surface area contributed by atoms with E-state index in [1.165, 1.54) is 102 Å². The van der Waals surface area contributed by atoms with Crippen LogP contribution < -0.4 is 4.74 Å². The third-order valence-corrected chi connectivity index (χ3v) is 7.74. The molecule has 3 heteroatoms. The highest BCUT2D eigenvalue weighted by atomic mass is 19.1. The molecule has 2 rings (SSSR count). The summed E-state index contributed by atoms with van der Waals surface area (Å²) in [6.45, 7) is 4.49. The van der Waals surface area contributed by atoms with Crippen molar-refractivity contribution in [2.75, 3.05) is 0 Å². The van der Waals surface area contributed by atoms with E-state index in [1.54, 1.807) is 12.1 Å². The van der Waals surface area contributed by atoms with Gasteiger partial charge in [0.1, 0.15) is 11.6 Å². The molecule has 1 fully saturated rings. The molecule has 0 amide bonds. The van der Waals surface area contributed by atoms with Gasteiger partial charge in [-0.25, -0.2) is 4.39 Å². The van der Waals surface area contributed by atoms with E-state index in [4.69, 9.17) is 4.74 Å². The number of aryl methyl sites for hydroxylation is 1. The molecule has 0 unspecified atom stereocenters. The van der Waals surface area contributed by atoms with Crippen molar-refractivity contribution in [2.24, 2.45) is 11.8 Å². The van der Waals surface area contributed by atoms with Crippen LogP contribution in [0, 0.1) is 17.7 Å². The summed E-state index contributed by atoms with van der Waals surface area (Å²) < 4.78 is 19.9. The third kappa shape index (κ3) is 12.4. The molecule has 194 valence electrons. The molecule has 0 aromatic heterocycles. The lowest BCUT2D eigenvalue weighted by atomic mass is 9.78. The van der Waals surface area contributed by atoms with E-state index in [9.17, 15) is 9.18 Å². The lowest BCUT2D eigenvalue weighted by Crippen LogP contribution is -2.17. The van der Waals surface area contributed by atoms with Crippen molar-refractivity contribution in [3.8, 4) is 5.75 Å². The maximum absolute atomic E-state index is 14.4. The van der Waals surface area contributed by atoms with Gasteiger partial charge < -0.3 is 4.74 Å². The molecule has 1 saturated carbocycles. The topological polar surface area (TPSA) is 26.3 Å². The van der Waals surface area contributed by atoms with Gasteiger partial charge in [0.15, 0.2) is 0 Å². The highest BCUT2D eigenvalue weighted by Crippen LogP contribution is 2.34. The fraction of sp³-hybridized carbons (Fsp3) is 0.774. The van der Waals surface area contributed by atoms with Crippen LogP contribution in [0.1, 0.15) is 141 Å². The van der Waals surface area contributed by atoms with E-state index in [1.807, 2.05) is 0 Å². The zero-order valence-corrected chi connectivity index (χ0v) is 22.2. The van der Waals surface area contributed by atoms with Crippen molar-refractivity contribution in [1.29, 1.82) is 0 Å². The number of carbonyl (C=O) groups is 1. The monoisotopic (exact) mass is 474 g/mol. The van der Waals surface area contributed by atoms with Gasteiger partial charge in [0.05, 0.1) is 0 Å². The molecular weight excluding hydrogens is 423 g/mol. The summed E-state index contributed by atoms with van der Waals surface area (Å²) in [7, 11) is 0. The number of halogens is 1. The Balaban J connectivity index is 1.57. The Morgan fingerprint density at radius 2 is 1.35 bits per heavy atom. The number of rotatable bonds is 18. The second-order valence-electron chi connectivity index (χ2n) is 10.7. The zero-order chi connectivity index (χ0) is 24.4. The number of hydrogen-bond donors (Lipinski definition) is 0. The Bertz CT molecular complexity index is 663. The van der Waals surface area contributed by atoms with Gasteiger partial charge in [-0.05, 0) is 42.7 Å². The van der Waals surface area contributed by atoms with Crippen molar-refractivity contribution >= 4 is 5.97 Å². The fourth-order valence-corrected chi connectivity index (χ4v) is 5.42. The lowest BCUT2D eigenvalue weighted by molar-refractivity contribution is -0.134.